The summed E-state index contributed by atoms with van der Waals surface area (Å²) >= 11 is 0. The molecule has 3 aromatic rings. The molecule has 212 valence electrons. The number of amides is 1. The van der Waals surface area contributed by atoms with Crippen molar-refractivity contribution in [3.8, 4) is 12.1 Å². The topological polar surface area (TPSA) is 88.8 Å². The first-order valence-electron chi connectivity index (χ1n) is 14.6. The number of hydrogen-bond acceptors (Lipinski definition) is 8. The van der Waals surface area contributed by atoms with E-state index in [1.807, 2.05) is 0 Å². The molecule has 2 atom stereocenters. The van der Waals surface area contributed by atoms with E-state index in [2.05, 4.69) is 76.9 Å². The van der Waals surface area contributed by atoms with Gasteiger partial charge >= 0.3 is 6.01 Å². The van der Waals surface area contributed by atoms with Crippen LogP contribution < -0.4 is 14.5 Å². The van der Waals surface area contributed by atoms with E-state index in [9.17, 15) is 10.1 Å². The lowest BCUT2D eigenvalue weighted by atomic mass is 10.0. The summed E-state index contributed by atoms with van der Waals surface area (Å²) in [6.07, 6.45) is 4.68. The van der Waals surface area contributed by atoms with Crippen LogP contribution in [0.4, 0.5) is 11.5 Å². The Balaban J connectivity index is 1.33. The zero-order chi connectivity index (χ0) is 28.3. The molecule has 0 saturated carbocycles. The van der Waals surface area contributed by atoms with Crippen LogP contribution in [-0.4, -0.2) is 84.1 Å². The van der Waals surface area contributed by atoms with E-state index in [0.29, 0.717) is 44.8 Å². The molecule has 41 heavy (non-hydrogen) atoms. The Bertz CT molecular complexity index is 1480. The molecule has 0 aliphatic carbocycles. The van der Waals surface area contributed by atoms with E-state index in [1.165, 1.54) is 29.0 Å². The average Bonchev–Trinajstić information content (AvgIpc) is 3.43. The second kappa shape index (κ2) is 11.8. The Morgan fingerprint density at radius 1 is 1.10 bits per heavy atom. The molecular formula is C32H37N7O2. The fourth-order valence-electron chi connectivity index (χ4n) is 6.50. The summed E-state index contributed by atoms with van der Waals surface area (Å²) in [7, 11) is 2.14. The van der Waals surface area contributed by atoms with Crippen LogP contribution in [0.3, 0.4) is 0 Å². The van der Waals surface area contributed by atoms with Gasteiger partial charge in [-0.3, -0.25) is 4.79 Å². The van der Waals surface area contributed by atoms with E-state index in [4.69, 9.17) is 14.7 Å². The van der Waals surface area contributed by atoms with E-state index in [-0.39, 0.29) is 18.4 Å². The number of carbonyl (C=O) groups is 1. The van der Waals surface area contributed by atoms with Crippen LogP contribution in [0.2, 0.25) is 0 Å². The largest absolute Gasteiger partial charge is 0.462 e. The second-order valence-corrected chi connectivity index (χ2v) is 11.2. The standard InChI is InChI=1S/C32H37N7O2/c1-3-30(40)39-19-18-38(20-24(39)13-15-33)31-27-14-17-37(29-12-6-9-23-8-4-5-11-26(23)29)21-28(27)34-32(35-31)41-22-25-10-7-16-36(25)2/h3-6,8-9,11-12,24-25H,1,7,10,13-14,16-22H2,2H3/t24?,25-/m0/s1. The van der Waals surface area contributed by atoms with Gasteiger partial charge in [-0.2, -0.15) is 15.2 Å². The van der Waals surface area contributed by atoms with Crippen molar-refractivity contribution in [3.05, 3.63) is 66.4 Å². The monoisotopic (exact) mass is 551 g/mol. The van der Waals surface area contributed by atoms with Crippen molar-refractivity contribution >= 4 is 28.2 Å². The third-order valence-corrected chi connectivity index (χ3v) is 8.77. The van der Waals surface area contributed by atoms with Gasteiger partial charge in [0.1, 0.15) is 12.4 Å². The molecular weight excluding hydrogens is 514 g/mol. The molecule has 0 bridgehead atoms. The van der Waals surface area contributed by atoms with Gasteiger partial charge in [0.2, 0.25) is 5.91 Å². The molecule has 9 heteroatoms. The van der Waals surface area contributed by atoms with Crippen LogP contribution in [0, 0.1) is 11.3 Å². The third kappa shape index (κ3) is 5.44. The molecule has 1 aromatic heterocycles. The number of nitrogens with zero attached hydrogens (tertiary/aromatic N) is 7. The lowest BCUT2D eigenvalue weighted by Gasteiger charge is -2.42. The first-order chi connectivity index (χ1) is 20.1. The number of carbonyl (C=O) groups excluding carboxylic acids is 1. The van der Waals surface area contributed by atoms with Crippen LogP contribution in [0.15, 0.2) is 55.1 Å². The van der Waals surface area contributed by atoms with Gasteiger partial charge in [-0.1, -0.05) is 43.0 Å². The molecule has 3 aliphatic rings. The number of aromatic nitrogens is 2. The minimum absolute atomic E-state index is 0.134. The number of anilines is 2. The van der Waals surface area contributed by atoms with Gasteiger partial charge in [-0.05, 0) is 50.4 Å². The van der Waals surface area contributed by atoms with Gasteiger partial charge in [0.25, 0.3) is 0 Å². The van der Waals surface area contributed by atoms with Gasteiger partial charge < -0.3 is 24.3 Å². The van der Waals surface area contributed by atoms with Crippen molar-refractivity contribution in [2.24, 2.45) is 0 Å². The normalized spacial score (nSPS) is 21.0. The lowest BCUT2D eigenvalue weighted by Crippen LogP contribution is -2.55. The minimum Gasteiger partial charge on any atom is -0.462 e. The predicted molar refractivity (Wildman–Crippen MR) is 160 cm³/mol. The third-order valence-electron chi connectivity index (χ3n) is 8.77. The number of rotatable bonds is 7. The average molecular weight is 552 g/mol. The first kappa shape index (κ1) is 27.0. The Kier molecular flexibility index (Phi) is 7.75. The maximum atomic E-state index is 12.5. The van der Waals surface area contributed by atoms with Crippen LogP contribution in [0.5, 0.6) is 6.01 Å². The lowest BCUT2D eigenvalue weighted by molar-refractivity contribution is -0.128. The molecule has 2 fully saturated rings. The minimum atomic E-state index is -0.225. The van der Waals surface area contributed by atoms with E-state index < -0.39 is 0 Å². The number of ether oxygens (including phenoxy) is 1. The molecule has 4 heterocycles. The van der Waals surface area contributed by atoms with Gasteiger partial charge in [0, 0.05) is 48.9 Å². The SMILES string of the molecule is C=CC(=O)N1CCN(c2nc(OC[C@@H]3CCCN3C)nc3c2CCN(c2cccc4ccccc24)C3)CC1CC#N. The zero-order valence-corrected chi connectivity index (χ0v) is 23.7. The number of fused-ring (bicyclic) bond motifs is 2. The Hall–Kier alpha value is -4.16. The molecule has 0 radical (unpaired) electrons. The summed E-state index contributed by atoms with van der Waals surface area (Å²) in [5, 5.41) is 12.0. The first-order valence-corrected chi connectivity index (χ1v) is 14.6. The van der Waals surface area contributed by atoms with E-state index in [0.717, 1.165) is 43.0 Å². The van der Waals surface area contributed by atoms with Crippen molar-refractivity contribution < 1.29 is 9.53 Å². The van der Waals surface area contributed by atoms with Gasteiger partial charge in [-0.25, -0.2) is 0 Å². The quantitative estimate of drug-likeness (QED) is 0.410. The summed E-state index contributed by atoms with van der Waals surface area (Å²) in [5.74, 6) is 0.737. The molecule has 2 aromatic carbocycles. The maximum Gasteiger partial charge on any atom is 0.318 e. The molecule has 1 unspecified atom stereocenters. The van der Waals surface area contributed by atoms with Gasteiger partial charge in [0.15, 0.2) is 0 Å². The summed E-state index contributed by atoms with van der Waals surface area (Å²) in [6, 6.07) is 17.7. The second-order valence-electron chi connectivity index (χ2n) is 11.2. The Morgan fingerprint density at radius 3 is 2.76 bits per heavy atom. The number of likely N-dealkylation sites (tertiary alicyclic amines) is 1. The van der Waals surface area contributed by atoms with Crippen molar-refractivity contribution in [2.45, 2.75) is 44.3 Å². The number of benzene rings is 2. The van der Waals surface area contributed by atoms with Crippen molar-refractivity contribution in [1.82, 2.24) is 19.8 Å². The molecule has 3 aliphatic heterocycles. The van der Waals surface area contributed by atoms with Crippen LogP contribution in [0.1, 0.15) is 30.5 Å². The number of nitriles is 1. The highest BCUT2D eigenvalue weighted by atomic mass is 16.5. The van der Waals surface area contributed by atoms with Gasteiger partial charge in [0.05, 0.1) is 30.8 Å². The van der Waals surface area contributed by atoms with Crippen molar-refractivity contribution in [1.29, 1.82) is 5.26 Å². The Morgan fingerprint density at radius 2 is 1.95 bits per heavy atom. The van der Waals surface area contributed by atoms with Crippen LogP contribution >= 0.6 is 0 Å². The summed E-state index contributed by atoms with van der Waals surface area (Å²) in [5.41, 5.74) is 3.31. The molecule has 1 amide bonds. The number of piperazine rings is 1. The highest BCUT2D eigenvalue weighted by Crippen LogP contribution is 2.35. The van der Waals surface area contributed by atoms with Crippen LogP contribution in [0.25, 0.3) is 10.8 Å². The zero-order valence-electron chi connectivity index (χ0n) is 23.7. The van der Waals surface area contributed by atoms with E-state index in [1.54, 1.807) is 4.90 Å². The Labute approximate surface area is 241 Å². The predicted octanol–water partition coefficient (Wildman–Crippen LogP) is 3.78. The molecule has 2 saturated heterocycles. The number of hydrogen-bond donors (Lipinski definition) is 0. The molecule has 0 spiro atoms. The molecule has 0 N–H and O–H groups in total. The maximum absolute atomic E-state index is 12.5. The highest BCUT2D eigenvalue weighted by Gasteiger charge is 2.33. The molecule has 6 rings (SSSR count). The molecule has 9 nitrogen and oxygen atoms in total. The summed E-state index contributed by atoms with van der Waals surface area (Å²) in [6.45, 7) is 8.48. The highest BCUT2D eigenvalue weighted by molar-refractivity contribution is 5.94. The van der Waals surface area contributed by atoms with Crippen molar-refractivity contribution in [2.75, 3.05) is 56.2 Å². The number of likely N-dealkylation sites (N-methyl/N-ethyl adjacent to an activating group) is 1. The van der Waals surface area contributed by atoms with Crippen molar-refractivity contribution in [3.63, 3.8) is 0 Å². The van der Waals surface area contributed by atoms with E-state index >= 15 is 0 Å². The summed E-state index contributed by atoms with van der Waals surface area (Å²) < 4.78 is 6.28. The fraction of sp³-hybridized carbons (Fsp3) is 0.438. The summed E-state index contributed by atoms with van der Waals surface area (Å²) in [4.78, 5) is 31.2. The van der Waals surface area contributed by atoms with Crippen LogP contribution in [-0.2, 0) is 17.8 Å². The fourth-order valence-corrected chi connectivity index (χ4v) is 6.50. The smallest absolute Gasteiger partial charge is 0.318 e. The van der Waals surface area contributed by atoms with Gasteiger partial charge in [-0.15, -0.1) is 0 Å².